The molecule has 6 N–H and O–H groups in total. The minimum absolute atomic E-state index is 0.00419. The number of rotatable bonds is 6. The fourth-order valence-electron chi connectivity index (χ4n) is 4.47. The third-order valence-corrected chi connectivity index (χ3v) is 6.26. The van der Waals surface area contributed by atoms with Crippen LogP contribution in [-0.4, -0.2) is 32.2 Å². The summed E-state index contributed by atoms with van der Waals surface area (Å²) >= 11 is 0. The molecule has 0 saturated carbocycles. The van der Waals surface area contributed by atoms with E-state index < -0.39 is 29.4 Å². The highest BCUT2D eigenvalue weighted by atomic mass is 19.3. The lowest BCUT2D eigenvalue weighted by Gasteiger charge is -2.41. The minimum Gasteiger partial charge on any atom is -0.495 e. The number of fused-ring (bicyclic) bond motifs is 1. The van der Waals surface area contributed by atoms with Crippen molar-refractivity contribution in [2.45, 2.75) is 44.3 Å². The number of nitrogens with zero attached hydrogens (tertiary/aromatic N) is 1. The lowest BCUT2D eigenvalue weighted by Crippen LogP contribution is -2.57. The summed E-state index contributed by atoms with van der Waals surface area (Å²) in [4.78, 5) is 4.54. The number of nitrogens with two attached hydrogens (primary N) is 2. The van der Waals surface area contributed by atoms with Crippen molar-refractivity contribution in [3.05, 3.63) is 46.8 Å². The Balaban J connectivity index is 1.83. The predicted molar refractivity (Wildman–Crippen MR) is 122 cm³/mol. The van der Waals surface area contributed by atoms with Crippen molar-refractivity contribution in [1.82, 2.24) is 5.32 Å². The molecule has 3 atom stereocenters. The van der Waals surface area contributed by atoms with E-state index in [2.05, 4.69) is 15.6 Å². The molecule has 2 aliphatic heterocycles. The molecule has 0 aliphatic carbocycles. The Labute approximate surface area is 190 Å². The highest BCUT2D eigenvalue weighted by Gasteiger charge is 2.42. The second-order valence-electron chi connectivity index (χ2n) is 8.50. The first-order valence-corrected chi connectivity index (χ1v) is 10.7. The molecule has 2 aromatic carbocycles. The number of amidine groups is 1. The Morgan fingerprint density at radius 1 is 1.27 bits per heavy atom. The Morgan fingerprint density at radius 2 is 2.00 bits per heavy atom. The second-order valence-corrected chi connectivity index (χ2v) is 8.50. The van der Waals surface area contributed by atoms with E-state index in [1.165, 1.54) is 6.07 Å². The molecule has 1 saturated heterocycles. The third kappa shape index (κ3) is 4.20. The molecule has 2 aromatic rings. The largest absolute Gasteiger partial charge is 0.495 e. The Bertz CT molecular complexity index is 1090. The normalized spacial score (nSPS) is 23.0. The van der Waals surface area contributed by atoms with Gasteiger partial charge in [-0.3, -0.25) is 0 Å². The van der Waals surface area contributed by atoms with Gasteiger partial charge < -0.3 is 31.6 Å². The topological polar surface area (TPSA) is 107 Å². The van der Waals surface area contributed by atoms with Crippen molar-refractivity contribution < 1.29 is 22.6 Å². The average Bonchev–Trinajstić information content (AvgIpc) is 3.27. The van der Waals surface area contributed by atoms with Gasteiger partial charge in [0.1, 0.15) is 23.1 Å². The van der Waals surface area contributed by atoms with Crippen LogP contribution in [0.15, 0.2) is 29.3 Å². The number of alkyl halides is 2. The summed E-state index contributed by atoms with van der Waals surface area (Å²) in [5, 5.41) is 6.55. The molecule has 0 spiro atoms. The van der Waals surface area contributed by atoms with Crippen molar-refractivity contribution in [2.24, 2.45) is 10.7 Å². The Morgan fingerprint density at radius 3 is 2.64 bits per heavy atom. The number of benzene rings is 2. The molecule has 0 radical (unpaired) electrons. The van der Waals surface area contributed by atoms with E-state index in [0.29, 0.717) is 41.7 Å². The van der Waals surface area contributed by atoms with Gasteiger partial charge in [-0.15, -0.1) is 0 Å². The summed E-state index contributed by atoms with van der Waals surface area (Å²) in [6, 6.07) is 5.96. The van der Waals surface area contributed by atoms with Gasteiger partial charge >= 0.3 is 0 Å². The van der Waals surface area contributed by atoms with Crippen LogP contribution < -0.4 is 26.8 Å². The maximum absolute atomic E-state index is 15.1. The molecule has 10 heteroatoms. The highest BCUT2D eigenvalue weighted by Crippen LogP contribution is 2.45. The summed E-state index contributed by atoms with van der Waals surface area (Å²) in [5.41, 5.74) is 12.4. The molecule has 33 heavy (non-hydrogen) atoms. The smallest absolute Gasteiger partial charge is 0.266 e. The predicted octanol–water partition coefficient (Wildman–Crippen LogP) is 4.12. The average molecular weight is 464 g/mol. The summed E-state index contributed by atoms with van der Waals surface area (Å²) in [7, 11) is 1.56. The van der Waals surface area contributed by atoms with E-state index in [0.717, 1.165) is 12.5 Å². The van der Waals surface area contributed by atoms with Crippen molar-refractivity contribution in [2.75, 3.05) is 31.4 Å². The third-order valence-electron chi connectivity index (χ3n) is 6.26. The van der Waals surface area contributed by atoms with Crippen LogP contribution >= 0.6 is 0 Å². The number of ether oxygens (including phenoxy) is 2. The number of hydrogen-bond acceptors (Lipinski definition) is 7. The van der Waals surface area contributed by atoms with Gasteiger partial charge in [-0.05, 0) is 37.1 Å². The van der Waals surface area contributed by atoms with E-state index in [4.69, 9.17) is 20.9 Å². The molecule has 4 rings (SSSR count). The summed E-state index contributed by atoms with van der Waals surface area (Å²) in [5.74, 6) is -0.722. The van der Waals surface area contributed by atoms with E-state index >= 15 is 4.39 Å². The van der Waals surface area contributed by atoms with Gasteiger partial charge in [-0.2, -0.15) is 0 Å². The fourth-order valence-corrected chi connectivity index (χ4v) is 4.47. The maximum Gasteiger partial charge on any atom is 0.266 e. The van der Waals surface area contributed by atoms with Crippen molar-refractivity contribution in [1.29, 1.82) is 0 Å². The Hall–Kier alpha value is -2.98. The summed E-state index contributed by atoms with van der Waals surface area (Å²) in [6.07, 6.45) is -2.16. The molecule has 2 heterocycles. The first-order chi connectivity index (χ1) is 15.6. The van der Waals surface area contributed by atoms with Gasteiger partial charge in [0.2, 0.25) is 0 Å². The Kier molecular flexibility index (Phi) is 6.15. The number of halogens is 3. The lowest BCUT2D eigenvalue weighted by molar-refractivity contribution is 0.145. The van der Waals surface area contributed by atoms with Crippen LogP contribution in [0.2, 0.25) is 0 Å². The number of hydrogen-bond donors (Lipinski definition) is 4. The molecule has 7 nitrogen and oxygen atoms in total. The summed E-state index contributed by atoms with van der Waals surface area (Å²) in [6.45, 7) is 4.62. The minimum atomic E-state index is -3.00. The highest BCUT2D eigenvalue weighted by molar-refractivity contribution is 5.87. The number of nitrogen functional groups attached to an aromatic ring is 1. The van der Waals surface area contributed by atoms with E-state index in [-0.39, 0.29) is 17.3 Å². The van der Waals surface area contributed by atoms with Crippen LogP contribution in [-0.2, 0) is 10.4 Å². The van der Waals surface area contributed by atoms with Gasteiger partial charge in [0.05, 0.1) is 36.7 Å². The molecular weight excluding hydrogens is 435 g/mol. The van der Waals surface area contributed by atoms with Crippen LogP contribution in [0.4, 0.5) is 30.2 Å². The second kappa shape index (κ2) is 8.75. The maximum atomic E-state index is 15.1. The molecule has 0 aromatic heterocycles. The zero-order valence-electron chi connectivity index (χ0n) is 18.7. The van der Waals surface area contributed by atoms with Gasteiger partial charge in [0.15, 0.2) is 0 Å². The quantitative estimate of drug-likeness (QED) is 0.480. The first-order valence-electron chi connectivity index (χ1n) is 10.7. The SMILES string of the molecule is COc1cc2c(cc1N[C@H]1CCOC1)C(N)([C@H](C)c1cc(N)cc(C(F)F)c1F)NC(C)=N2. The first kappa shape index (κ1) is 23.2. The van der Waals surface area contributed by atoms with Crippen LogP contribution in [0.3, 0.4) is 0 Å². The molecule has 1 fully saturated rings. The lowest BCUT2D eigenvalue weighted by atomic mass is 9.80. The zero-order valence-corrected chi connectivity index (χ0v) is 18.7. The van der Waals surface area contributed by atoms with Crippen molar-refractivity contribution in [3.8, 4) is 5.75 Å². The van der Waals surface area contributed by atoms with Crippen molar-refractivity contribution >= 4 is 22.9 Å². The standard InChI is InChI=1S/C23H28F3N5O2/c1-11(15-6-13(27)7-16(21(15)24)22(25)26)23(28)17-8-19(30-14-4-5-33-10-14)20(32-3)9-18(17)29-12(2)31-23/h6-9,11,14,22,30H,4-5,10,27-28H2,1-3H3,(H,29,31)/t11-,14+,23?/m1/s1. The zero-order chi connectivity index (χ0) is 23.9. The van der Waals surface area contributed by atoms with E-state index in [1.54, 1.807) is 27.0 Å². The fraction of sp³-hybridized carbons (Fsp3) is 0.435. The molecule has 2 aliphatic rings. The van der Waals surface area contributed by atoms with E-state index in [9.17, 15) is 8.78 Å². The number of anilines is 2. The van der Waals surface area contributed by atoms with Gasteiger partial charge in [0.25, 0.3) is 6.43 Å². The molecule has 0 amide bonds. The van der Waals surface area contributed by atoms with Gasteiger partial charge in [0, 0.05) is 29.8 Å². The molecule has 0 bridgehead atoms. The number of aliphatic imine (C=N–C) groups is 1. The van der Waals surface area contributed by atoms with Crippen molar-refractivity contribution in [3.63, 3.8) is 0 Å². The van der Waals surface area contributed by atoms with Crippen LogP contribution in [0, 0.1) is 5.82 Å². The summed E-state index contributed by atoms with van der Waals surface area (Å²) < 4.78 is 53.0. The molecule has 1 unspecified atom stereocenters. The van der Waals surface area contributed by atoms with Gasteiger partial charge in [-0.25, -0.2) is 18.2 Å². The van der Waals surface area contributed by atoms with Crippen LogP contribution in [0.25, 0.3) is 0 Å². The van der Waals surface area contributed by atoms with E-state index in [1.807, 2.05) is 6.07 Å². The molecule has 178 valence electrons. The monoisotopic (exact) mass is 463 g/mol. The van der Waals surface area contributed by atoms with Gasteiger partial charge in [-0.1, -0.05) is 6.92 Å². The molecular formula is C23H28F3N5O2. The number of methoxy groups -OCH3 is 1. The van der Waals surface area contributed by atoms with Crippen LogP contribution in [0.1, 0.15) is 49.3 Å². The van der Waals surface area contributed by atoms with Crippen LogP contribution in [0.5, 0.6) is 5.75 Å². The number of nitrogens with one attached hydrogen (secondary N) is 2.